The molecule has 3 heteroatoms. The lowest BCUT2D eigenvalue weighted by atomic mass is 9.87. The minimum atomic E-state index is -0.106. The summed E-state index contributed by atoms with van der Waals surface area (Å²) in [6.45, 7) is 2.93. The van der Waals surface area contributed by atoms with E-state index >= 15 is 0 Å². The van der Waals surface area contributed by atoms with Crippen molar-refractivity contribution in [3.05, 3.63) is 23.8 Å². The molecular formula is C14H22N2O. The number of hydrogen-bond donors (Lipinski definition) is 3. The Balaban J connectivity index is 1.91. The van der Waals surface area contributed by atoms with E-state index in [0.717, 1.165) is 42.7 Å². The molecule has 3 nitrogen and oxygen atoms in total. The zero-order valence-electron chi connectivity index (χ0n) is 10.4. The molecule has 94 valence electrons. The summed E-state index contributed by atoms with van der Waals surface area (Å²) in [4.78, 5) is 0. The normalized spacial score (nSPS) is 24.6. The number of rotatable bonds is 3. The molecule has 0 radical (unpaired) electrons. The fourth-order valence-electron chi connectivity index (χ4n) is 2.54. The molecule has 0 amide bonds. The maximum absolute atomic E-state index is 9.62. The third kappa shape index (κ3) is 3.13. The Morgan fingerprint density at radius 1 is 1.41 bits per heavy atom. The van der Waals surface area contributed by atoms with Crippen LogP contribution < -0.4 is 11.1 Å². The predicted octanol–water partition coefficient (Wildman–Crippen LogP) is 2.54. The monoisotopic (exact) mass is 234 g/mol. The maximum atomic E-state index is 9.62. The van der Waals surface area contributed by atoms with Crippen LogP contribution >= 0.6 is 0 Å². The number of anilines is 2. The fraction of sp³-hybridized carbons (Fsp3) is 0.571. The highest BCUT2D eigenvalue weighted by Gasteiger charge is 2.19. The van der Waals surface area contributed by atoms with E-state index in [2.05, 4.69) is 5.32 Å². The van der Waals surface area contributed by atoms with Crippen molar-refractivity contribution in [2.45, 2.75) is 38.7 Å². The van der Waals surface area contributed by atoms with Gasteiger partial charge in [-0.15, -0.1) is 0 Å². The smallest absolute Gasteiger partial charge is 0.0579 e. The second kappa shape index (κ2) is 5.41. The molecule has 0 aromatic heterocycles. The number of benzene rings is 1. The predicted molar refractivity (Wildman–Crippen MR) is 72.0 cm³/mol. The summed E-state index contributed by atoms with van der Waals surface area (Å²) in [7, 11) is 0. The van der Waals surface area contributed by atoms with Gasteiger partial charge in [-0.2, -0.15) is 0 Å². The molecule has 0 aliphatic heterocycles. The van der Waals surface area contributed by atoms with Crippen molar-refractivity contribution in [3.63, 3.8) is 0 Å². The second-order valence-corrected chi connectivity index (χ2v) is 5.10. The van der Waals surface area contributed by atoms with Gasteiger partial charge in [-0.1, -0.05) is 18.6 Å². The molecule has 2 rings (SSSR count). The standard InChI is InChI=1S/C14H22N2O/c1-10-4-2-7-13(14(10)15)16-9-11-5-3-6-12(17)8-11/h2,4,7,11-12,16-17H,3,5-6,8-9,15H2,1H3. The van der Waals surface area contributed by atoms with E-state index in [1.165, 1.54) is 6.42 Å². The lowest BCUT2D eigenvalue weighted by Crippen LogP contribution is -2.25. The maximum Gasteiger partial charge on any atom is 0.0579 e. The van der Waals surface area contributed by atoms with Gasteiger partial charge in [0.2, 0.25) is 0 Å². The van der Waals surface area contributed by atoms with Crippen LogP contribution in [0.2, 0.25) is 0 Å². The summed E-state index contributed by atoms with van der Waals surface area (Å²) in [6, 6.07) is 6.05. The minimum absolute atomic E-state index is 0.106. The molecule has 0 heterocycles. The summed E-state index contributed by atoms with van der Waals surface area (Å²) in [5, 5.41) is 13.0. The van der Waals surface area contributed by atoms with Gasteiger partial charge >= 0.3 is 0 Å². The van der Waals surface area contributed by atoms with Crippen LogP contribution in [0, 0.1) is 12.8 Å². The van der Waals surface area contributed by atoms with Gasteiger partial charge in [0.25, 0.3) is 0 Å². The number of nitrogens with two attached hydrogens (primary N) is 1. The van der Waals surface area contributed by atoms with E-state index < -0.39 is 0 Å². The van der Waals surface area contributed by atoms with Crippen molar-refractivity contribution >= 4 is 11.4 Å². The molecule has 1 aromatic rings. The van der Waals surface area contributed by atoms with Crippen LogP contribution in [0.1, 0.15) is 31.2 Å². The number of para-hydroxylation sites is 1. The minimum Gasteiger partial charge on any atom is -0.397 e. The van der Waals surface area contributed by atoms with Crippen LogP contribution in [0.5, 0.6) is 0 Å². The van der Waals surface area contributed by atoms with Crippen molar-refractivity contribution in [2.75, 3.05) is 17.6 Å². The first-order chi connectivity index (χ1) is 8.16. The zero-order valence-corrected chi connectivity index (χ0v) is 10.4. The first-order valence-corrected chi connectivity index (χ1v) is 6.44. The first kappa shape index (κ1) is 12.2. The summed E-state index contributed by atoms with van der Waals surface area (Å²) < 4.78 is 0. The number of hydrogen-bond acceptors (Lipinski definition) is 3. The van der Waals surface area contributed by atoms with E-state index in [-0.39, 0.29) is 6.10 Å². The average Bonchev–Trinajstić information content (AvgIpc) is 2.31. The number of nitrogens with one attached hydrogen (secondary N) is 1. The number of aliphatic hydroxyl groups is 1. The molecule has 0 bridgehead atoms. The Morgan fingerprint density at radius 2 is 2.24 bits per heavy atom. The lowest BCUT2D eigenvalue weighted by molar-refractivity contribution is 0.105. The highest BCUT2D eigenvalue weighted by molar-refractivity contribution is 5.69. The van der Waals surface area contributed by atoms with Gasteiger partial charge in [0.05, 0.1) is 17.5 Å². The molecule has 1 fully saturated rings. The molecule has 4 N–H and O–H groups in total. The molecule has 17 heavy (non-hydrogen) atoms. The summed E-state index contributed by atoms with van der Waals surface area (Å²) in [5.41, 5.74) is 8.98. The largest absolute Gasteiger partial charge is 0.397 e. The molecule has 1 aromatic carbocycles. The fourth-order valence-corrected chi connectivity index (χ4v) is 2.54. The van der Waals surface area contributed by atoms with Gasteiger partial charge in [0.15, 0.2) is 0 Å². The molecular weight excluding hydrogens is 212 g/mol. The highest BCUT2D eigenvalue weighted by Crippen LogP contribution is 2.26. The van der Waals surface area contributed by atoms with Gasteiger partial charge in [0, 0.05) is 6.54 Å². The SMILES string of the molecule is Cc1cccc(NCC2CCCC(O)C2)c1N. The zero-order chi connectivity index (χ0) is 12.3. The number of aryl methyl sites for hydroxylation is 1. The Kier molecular flexibility index (Phi) is 3.89. The van der Waals surface area contributed by atoms with Gasteiger partial charge in [-0.3, -0.25) is 0 Å². The molecule has 2 unspecified atom stereocenters. The third-order valence-corrected chi connectivity index (χ3v) is 3.66. The number of aliphatic hydroxyl groups excluding tert-OH is 1. The molecule has 2 atom stereocenters. The average molecular weight is 234 g/mol. The van der Waals surface area contributed by atoms with Crippen molar-refractivity contribution in [2.24, 2.45) is 5.92 Å². The van der Waals surface area contributed by atoms with E-state index in [0.29, 0.717) is 5.92 Å². The summed E-state index contributed by atoms with van der Waals surface area (Å²) >= 11 is 0. The summed E-state index contributed by atoms with van der Waals surface area (Å²) in [6.07, 6.45) is 4.11. The molecule has 0 spiro atoms. The van der Waals surface area contributed by atoms with Gasteiger partial charge in [-0.05, 0) is 43.7 Å². The van der Waals surface area contributed by atoms with E-state index in [1.54, 1.807) is 0 Å². The summed E-state index contributed by atoms with van der Waals surface area (Å²) in [5.74, 6) is 0.568. The topological polar surface area (TPSA) is 58.3 Å². The van der Waals surface area contributed by atoms with Crippen LogP contribution in [0.4, 0.5) is 11.4 Å². The van der Waals surface area contributed by atoms with E-state index in [4.69, 9.17) is 5.73 Å². The van der Waals surface area contributed by atoms with Crippen molar-refractivity contribution in [1.29, 1.82) is 0 Å². The second-order valence-electron chi connectivity index (χ2n) is 5.10. The Labute approximate surface area is 103 Å². The molecule has 1 saturated carbocycles. The van der Waals surface area contributed by atoms with Crippen LogP contribution in [0.15, 0.2) is 18.2 Å². The Hall–Kier alpha value is -1.22. The first-order valence-electron chi connectivity index (χ1n) is 6.44. The number of nitrogen functional groups attached to an aromatic ring is 1. The van der Waals surface area contributed by atoms with Crippen molar-refractivity contribution < 1.29 is 5.11 Å². The van der Waals surface area contributed by atoms with Crippen LogP contribution in [-0.2, 0) is 0 Å². The third-order valence-electron chi connectivity index (χ3n) is 3.66. The molecule has 1 aliphatic rings. The van der Waals surface area contributed by atoms with E-state index in [9.17, 15) is 5.11 Å². The van der Waals surface area contributed by atoms with Gasteiger partial charge in [-0.25, -0.2) is 0 Å². The van der Waals surface area contributed by atoms with Crippen LogP contribution in [-0.4, -0.2) is 17.8 Å². The molecule has 0 saturated heterocycles. The highest BCUT2D eigenvalue weighted by atomic mass is 16.3. The Bertz CT molecular complexity index is 378. The van der Waals surface area contributed by atoms with Crippen molar-refractivity contribution in [1.82, 2.24) is 0 Å². The van der Waals surface area contributed by atoms with E-state index in [1.807, 2.05) is 25.1 Å². The van der Waals surface area contributed by atoms with Gasteiger partial charge in [0.1, 0.15) is 0 Å². The quantitative estimate of drug-likeness (QED) is 0.704. The molecule has 1 aliphatic carbocycles. The lowest BCUT2D eigenvalue weighted by Gasteiger charge is -2.26. The Morgan fingerprint density at radius 3 is 3.00 bits per heavy atom. The van der Waals surface area contributed by atoms with Crippen molar-refractivity contribution in [3.8, 4) is 0 Å². The van der Waals surface area contributed by atoms with Crippen LogP contribution in [0.3, 0.4) is 0 Å². The van der Waals surface area contributed by atoms with Gasteiger partial charge < -0.3 is 16.2 Å². The van der Waals surface area contributed by atoms with Crippen LogP contribution in [0.25, 0.3) is 0 Å².